The van der Waals surface area contributed by atoms with E-state index in [1.165, 1.54) is 5.56 Å². The third kappa shape index (κ3) is 3.71. The topological polar surface area (TPSA) is 87.2 Å². The lowest BCUT2D eigenvalue weighted by Crippen LogP contribution is -2.51. The number of sulfonamides is 1. The maximum Gasteiger partial charge on any atom is 0.244 e. The number of rotatable bonds is 3. The second-order valence-corrected chi connectivity index (χ2v) is 9.41. The molecule has 2 aliphatic heterocycles. The fourth-order valence-electron chi connectivity index (χ4n) is 4.27. The Morgan fingerprint density at radius 2 is 1.76 bits per heavy atom. The van der Waals surface area contributed by atoms with Crippen LogP contribution in [-0.4, -0.2) is 42.5 Å². The molecule has 1 saturated heterocycles. The van der Waals surface area contributed by atoms with Gasteiger partial charge in [-0.05, 0) is 61.7 Å². The third-order valence-electron chi connectivity index (χ3n) is 5.81. The SMILES string of the molecule is O=S1(=O)N[C@H](C2CCN(Cc3ccc4nccnc4c3)CC2)Nc2ccccc21. The lowest BCUT2D eigenvalue weighted by atomic mass is 9.93. The van der Waals surface area contributed by atoms with Crippen LogP contribution >= 0.6 is 0 Å². The fourth-order valence-corrected chi connectivity index (χ4v) is 5.66. The molecule has 0 saturated carbocycles. The zero-order chi connectivity index (χ0) is 19.8. The number of hydrogen-bond acceptors (Lipinski definition) is 6. The normalized spacial score (nSPS) is 22.1. The number of likely N-dealkylation sites (tertiary alicyclic amines) is 1. The molecule has 5 rings (SSSR count). The number of nitrogens with one attached hydrogen (secondary N) is 2. The molecule has 1 aromatic heterocycles. The van der Waals surface area contributed by atoms with Crippen LogP contribution in [0.15, 0.2) is 59.8 Å². The van der Waals surface area contributed by atoms with E-state index in [0.717, 1.165) is 43.5 Å². The summed E-state index contributed by atoms with van der Waals surface area (Å²) in [4.78, 5) is 11.4. The zero-order valence-electron chi connectivity index (χ0n) is 16.0. The van der Waals surface area contributed by atoms with E-state index in [-0.39, 0.29) is 12.1 Å². The van der Waals surface area contributed by atoms with Crippen molar-refractivity contribution in [3.63, 3.8) is 0 Å². The Balaban J connectivity index is 1.24. The van der Waals surface area contributed by atoms with E-state index in [2.05, 4.69) is 37.0 Å². The van der Waals surface area contributed by atoms with Crippen LogP contribution in [0.4, 0.5) is 5.69 Å². The van der Waals surface area contributed by atoms with Gasteiger partial charge in [0.2, 0.25) is 10.0 Å². The number of benzene rings is 2. The molecule has 3 aromatic rings. The summed E-state index contributed by atoms with van der Waals surface area (Å²) in [6.07, 6.45) is 5.05. The van der Waals surface area contributed by atoms with Crippen LogP contribution in [0.5, 0.6) is 0 Å². The van der Waals surface area contributed by atoms with Gasteiger partial charge in [-0.2, -0.15) is 4.72 Å². The number of piperidine rings is 1. The minimum absolute atomic E-state index is 0.256. The zero-order valence-corrected chi connectivity index (χ0v) is 16.8. The molecule has 3 heterocycles. The van der Waals surface area contributed by atoms with Crippen LogP contribution < -0.4 is 10.0 Å². The first-order chi connectivity index (χ1) is 14.1. The Hall–Kier alpha value is -2.55. The molecule has 1 fully saturated rings. The number of hydrogen-bond donors (Lipinski definition) is 2. The number of nitrogens with zero attached hydrogens (tertiary/aromatic N) is 3. The monoisotopic (exact) mass is 409 g/mol. The highest BCUT2D eigenvalue weighted by atomic mass is 32.2. The Morgan fingerprint density at radius 3 is 2.59 bits per heavy atom. The number of fused-ring (bicyclic) bond motifs is 2. The summed E-state index contributed by atoms with van der Waals surface area (Å²) in [6, 6.07) is 13.3. The number of aromatic nitrogens is 2. The molecule has 0 amide bonds. The van der Waals surface area contributed by atoms with Crippen molar-refractivity contribution in [3.05, 3.63) is 60.4 Å². The van der Waals surface area contributed by atoms with E-state index in [1.807, 2.05) is 18.2 Å². The molecule has 0 bridgehead atoms. The third-order valence-corrected chi connectivity index (χ3v) is 7.31. The van der Waals surface area contributed by atoms with E-state index in [4.69, 9.17) is 0 Å². The van der Waals surface area contributed by atoms with Crippen LogP contribution in [0.1, 0.15) is 18.4 Å². The average Bonchev–Trinajstić information content (AvgIpc) is 2.74. The van der Waals surface area contributed by atoms with Gasteiger partial charge < -0.3 is 5.32 Å². The van der Waals surface area contributed by atoms with Gasteiger partial charge in [0.15, 0.2) is 0 Å². The molecular weight excluding hydrogens is 386 g/mol. The maximum atomic E-state index is 12.6. The molecule has 2 N–H and O–H groups in total. The molecule has 2 aromatic carbocycles. The van der Waals surface area contributed by atoms with Gasteiger partial charge >= 0.3 is 0 Å². The predicted molar refractivity (Wildman–Crippen MR) is 112 cm³/mol. The molecule has 0 radical (unpaired) electrons. The Labute approximate surface area is 170 Å². The molecule has 1 atom stereocenters. The lowest BCUT2D eigenvalue weighted by Gasteiger charge is -2.38. The molecule has 29 heavy (non-hydrogen) atoms. The lowest BCUT2D eigenvalue weighted by molar-refractivity contribution is 0.163. The van der Waals surface area contributed by atoms with Gasteiger partial charge in [0.25, 0.3) is 0 Å². The van der Waals surface area contributed by atoms with Crippen molar-refractivity contribution in [2.75, 3.05) is 18.4 Å². The fraction of sp³-hybridized carbons (Fsp3) is 0.333. The van der Waals surface area contributed by atoms with Gasteiger partial charge in [0, 0.05) is 18.9 Å². The van der Waals surface area contributed by atoms with Crippen LogP contribution in [-0.2, 0) is 16.6 Å². The van der Waals surface area contributed by atoms with Gasteiger partial charge in [0.05, 0.1) is 22.9 Å². The minimum atomic E-state index is -3.46. The Kier molecular flexibility index (Phi) is 4.69. The predicted octanol–water partition coefficient (Wildman–Crippen LogP) is 2.57. The summed E-state index contributed by atoms with van der Waals surface area (Å²) in [5.74, 6) is 0.261. The van der Waals surface area contributed by atoms with Gasteiger partial charge in [0.1, 0.15) is 4.90 Å². The van der Waals surface area contributed by atoms with Gasteiger partial charge in [-0.15, -0.1) is 0 Å². The van der Waals surface area contributed by atoms with Gasteiger partial charge in [-0.25, -0.2) is 8.42 Å². The van der Waals surface area contributed by atoms with Crippen molar-refractivity contribution in [2.45, 2.75) is 30.4 Å². The molecule has 2 aliphatic rings. The van der Waals surface area contributed by atoms with Crippen molar-refractivity contribution in [1.29, 1.82) is 0 Å². The second-order valence-electron chi connectivity index (χ2n) is 7.73. The molecule has 0 unspecified atom stereocenters. The van der Waals surface area contributed by atoms with Crippen LogP contribution in [0.2, 0.25) is 0 Å². The van der Waals surface area contributed by atoms with Crippen molar-refractivity contribution >= 4 is 26.7 Å². The molecule has 0 aliphatic carbocycles. The van der Waals surface area contributed by atoms with E-state index in [1.54, 1.807) is 24.5 Å². The van der Waals surface area contributed by atoms with Gasteiger partial charge in [-0.3, -0.25) is 14.9 Å². The highest BCUT2D eigenvalue weighted by Gasteiger charge is 2.35. The highest BCUT2D eigenvalue weighted by molar-refractivity contribution is 7.89. The Morgan fingerprint density at radius 1 is 1.00 bits per heavy atom. The largest absolute Gasteiger partial charge is 0.368 e. The minimum Gasteiger partial charge on any atom is -0.368 e. The van der Waals surface area contributed by atoms with Crippen molar-refractivity contribution in [3.8, 4) is 0 Å². The van der Waals surface area contributed by atoms with E-state index < -0.39 is 10.0 Å². The first-order valence-electron chi connectivity index (χ1n) is 9.88. The highest BCUT2D eigenvalue weighted by Crippen LogP contribution is 2.31. The van der Waals surface area contributed by atoms with E-state index >= 15 is 0 Å². The van der Waals surface area contributed by atoms with Crippen LogP contribution in [0.3, 0.4) is 0 Å². The summed E-state index contributed by atoms with van der Waals surface area (Å²) in [5, 5.41) is 3.38. The molecule has 8 heteroatoms. The van der Waals surface area contributed by atoms with Crippen molar-refractivity contribution in [1.82, 2.24) is 19.6 Å². The molecule has 150 valence electrons. The van der Waals surface area contributed by atoms with Crippen molar-refractivity contribution in [2.24, 2.45) is 5.92 Å². The summed E-state index contributed by atoms with van der Waals surface area (Å²) >= 11 is 0. The molecule has 0 spiro atoms. The van der Waals surface area contributed by atoms with Gasteiger partial charge in [-0.1, -0.05) is 18.2 Å². The first-order valence-corrected chi connectivity index (χ1v) is 11.4. The quantitative estimate of drug-likeness (QED) is 0.691. The summed E-state index contributed by atoms with van der Waals surface area (Å²) in [7, 11) is -3.46. The molecular formula is C21H23N5O2S. The van der Waals surface area contributed by atoms with Crippen molar-refractivity contribution < 1.29 is 8.42 Å². The molecule has 7 nitrogen and oxygen atoms in total. The number of para-hydroxylation sites is 1. The van der Waals surface area contributed by atoms with E-state index in [0.29, 0.717) is 10.6 Å². The second kappa shape index (κ2) is 7.37. The number of anilines is 1. The summed E-state index contributed by atoms with van der Waals surface area (Å²) in [6.45, 7) is 2.74. The first kappa shape index (κ1) is 18.5. The summed E-state index contributed by atoms with van der Waals surface area (Å²) < 4.78 is 28.0. The average molecular weight is 410 g/mol. The Bertz CT molecular complexity index is 1140. The van der Waals surface area contributed by atoms with Crippen LogP contribution in [0.25, 0.3) is 11.0 Å². The van der Waals surface area contributed by atoms with E-state index in [9.17, 15) is 8.42 Å². The van der Waals surface area contributed by atoms with Crippen LogP contribution in [0, 0.1) is 5.92 Å². The smallest absolute Gasteiger partial charge is 0.244 e. The maximum absolute atomic E-state index is 12.6. The standard InChI is InChI=1S/C21H23N5O2S/c27-29(28)20-4-2-1-3-18(20)24-21(25-29)16-7-11-26(12-8-16)14-15-5-6-17-19(13-15)23-10-9-22-17/h1-6,9-10,13,16,21,24-25H,7-8,11-12,14H2/t21-/m1/s1. The summed E-state index contributed by atoms with van der Waals surface area (Å²) in [5.41, 5.74) is 3.74.